The Hall–Kier alpha value is -1.28. The van der Waals surface area contributed by atoms with E-state index in [9.17, 15) is 0 Å². The summed E-state index contributed by atoms with van der Waals surface area (Å²) >= 11 is 6.34. The molecule has 0 bridgehead atoms. The van der Waals surface area contributed by atoms with Crippen molar-refractivity contribution >= 4 is 28.7 Å². The first-order valence-corrected chi connectivity index (χ1v) is 5.60. The van der Waals surface area contributed by atoms with E-state index in [0.717, 1.165) is 23.9 Å². The molecule has 0 saturated carbocycles. The maximum Gasteiger partial charge on any atom is 0.204 e. The monoisotopic (exact) mass is 242 g/mol. The van der Waals surface area contributed by atoms with Gasteiger partial charge >= 0.3 is 0 Å². The highest BCUT2D eigenvalue weighted by Gasteiger charge is 2.01. The second-order valence-electron chi connectivity index (χ2n) is 2.95. The van der Waals surface area contributed by atoms with Crippen LogP contribution in [0.15, 0.2) is 6.33 Å². The van der Waals surface area contributed by atoms with Crippen molar-refractivity contribution in [2.24, 2.45) is 7.05 Å². The number of nitrogens with one attached hydrogen (secondary N) is 2. The fourth-order valence-corrected chi connectivity index (χ4v) is 1.94. The van der Waals surface area contributed by atoms with E-state index < -0.39 is 0 Å². The van der Waals surface area contributed by atoms with Crippen molar-refractivity contribution < 1.29 is 0 Å². The molecule has 2 aromatic rings. The third kappa shape index (κ3) is 2.60. The van der Waals surface area contributed by atoms with Gasteiger partial charge in [0.1, 0.15) is 12.2 Å². The Morgan fingerprint density at radius 1 is 1.67 bits per heavy atom. The molecule has 8 heteroatoms. The molecule has 0 fully saturated rings. The van der Waals surface area contributed by atoms with E-state index in [0.29, 0.717) is 3.95 Å². The van der Waals surface area contributed by atoms with Gasteiger partial charge in [-0.1, -0.05) is 11.3 Å². The van der Waals surface area contributed by atoms with Gasteiger partial charge in [0.25, 0.3) is 0 Å². The number of hydrogen-bond donors (Lipinski definition) is 2. The van der Waals surface area contributed by atoms with Gasteiger partial charge in [-0.3, -0.25) is 5.10 Å². The van der Waals surface area contributed by atoms with E-state index in [4.69, 9.17) is 12.2 Å². The fourth-order valence-electron chi connectivity index (χ4n) is 1.12. The lowest BCUT2D eigenvalue weighted by atomic mass is 10.4. The zero-order valence-corrected chi connectivity index (χ0v) is 9.73. The van der Waals surface area contributed by atoms with Crippen LogP contribution in [0.2, 0.25) is 0 Å². The smallest absolute Gasteiger partial charge is 0.204 e. The predicted octanol–water partition coefficient (Wildman–Crippen LogP) is 0.984. The molecular weight excluding hydrogens is 232 g/mol. The number of aromatic nitrogens is 5. The second kappa shape index (κ2) is 4.49. The second-order valence-corrected chi connectivity index (χ2v) is 4.62. The minimum Gasteiger partial charge on any atom is -0.360 e. The molecular formula is C7H10N6S2. The summed E-state index contributed by atoms with van der Waals surface area (Å²) in [5.41, 5.74) is 0. The molecule has 0 spiro atoms. The van der Waals surface area contributed by atoms with Gasteiger partial charge in [0, 0.05) is 20.0 Å². The molecule has 0 aliphatic rings. The highest BCUT2D eigenvalue weighted by atomic mass is 32.1. The van der Waals surface area contributed by atoms with E-state index in [2.05, 4.69) is 25.7 Å². The number of aryl methyl sites for hydroxylation is 1. The SMILES string of the molecule is Cn1cnnc1CCNc1n[nH]c(=S)s1. The molecule has 15 heavy (non-hydrogen) atoms. The van der Waals surface area contributed by atoms with Crippen molar-refractivity contribution in [3.05, 3.63) is 16.1 Å². The highest BCUT2D eigenvalue weighted by Crippen LogP contribution is 2.10. The molecule has 6 nitrogen and oxygen atoms in total. The minimum atomic E-state index is 0.677. The van der Waals surface area contributed by atoms with Gasteiger partial charge in [-0.25, -0.2) is 0 Å². The molecule has 2 N–H and O–H groups in total. The molecule has 2 aromatic heterocycles. The third-order valence-corrected chi connectivity index (χ3v) is 2.92. The molecule has 0 aromatic carbocycles. The Bertz CT molecular complexity index is 483. The predicted molar refractivity (Wildman–Crippen MR) is 60.5 cm³/mol. The van der Waals surface area contributed by atoms with E-state index in [1.54, 1.807) is 6.33 Å². The molecule has 0 unspecified atom stereocenters. The summed E-state index contributed by atoms with van der Waals surface area (Å²) in [4.78, 5) is 0. The normalized spacial score (nSPS) is 10.5. The lowest BCUT2D eigenvalue weighted by Crippen LogP contribution is -2.08. The molecule has 0 aliphatic heterocycles. The van der Waals surface area contributed by atoms with Crippen LogP contribution >= 0.6 is 23.6 Å². The van der Waals surface area contributed by atoms with Crippen LogP contribution in [0.5, 0.6) is 0 Å². The minimum absolute atomic E-state index is 0.677. The topological polar surface area (TPSA) is 71.4 Å². The zero-order chi connectivity index (χ0) is 10.7. The first-order chi connectivity index (χ1) is 7.25. The van der Waals surface area contributed by atoms with E-state index in [1.807, 2.05) is 11.6 Å². The van der Waals surface area contributed by atoms with Crippen molar-refractivity contribution in [2.45, 2.75) is 6.42 Å². The van der Waals surface area contributed by atoms with Gasteiger partial charge < -0.3 is 9.88 Å². The number of H-pyrrole nitrogens is 1. The number of nitrogens with zero attached hydrogens (tertiary/aromatic N) is 4. The largest absolute Gasteiger partial charge is 0.360 e. The van der Waals surface area contributed by atoms with E-state index >= 15 is 0 Å². The van der Waals surface area contributed by atoms with Crippen LogP contribution in [0.1, 0.15) is 5.82 Å². The summed E-state index contributed by atoms with van der Waals surface area (Å²) in [6, 6.07) is 0. The Morgan fingerprint density at radius 3 is 3.13 bits per heavy atom. The lowest BCUT2D eigenvalue weighted by molar-refractivity contribution is 0.787. The molecule has 0 atom stereocenters. The van der Waals surface area contributed by atoms with Crippen molar-refractivity contribution in [3.8, 4) is 0 Å². The summed E-state index contributed by atoms with van der Waals surface area (Å²) < 4.78 is 2.57. The Morgan fingerprint density at radius 2 is 2.53 bits per heavy atom. The molecule has 0 amide bonds. The third-order valence-electron chi connectivity index (χ3n) is 1.87. The highest BCUT2D eigenvalue weighted by molar-refractivity contribution is 7.73. The summed E-state index contributed by atoms with van der Waals surface area (Å²) in [6.07, 6.45) is 2.50. The fraction of sp³-hybridized carbons (Fsp3) is 0.429. The number of hydrogen-bond acceptors (Lipinski definition) is 6. The van der Waals surface area contributed by atoms with Crippen molar-refractivity contribution in [1.82, 2.24) is 25.0 Å². The average molecular weight is 242 g/mol. The van der Waals surface area contributed by atoms with Gasteiger partial charge in [-0.2, -0.15) is 0 Å². The van der Waals surface area contributed by atoms with Crippen molar-refractivity contribution in [1.29, 1.82) is 0 Å². The maximum atomic E-state index is 4.92. The Kier molecular flexibility index (Phi) is 3.07. The molecule has 0 aliphatic carbocycles. The van der Waals surface area contributed by atoms with E-state index in [1.165, 1.54) is 11.3 Å². The van der Waals surface area contributed by atoms with Crippen LogP contribution < -0.4 is 5.32 Å². The Labute approximate surface area is 95.4 Å². The zero-order valence-electron chi connectivity index (χ0n) is 8.10. The van der Waals surface area contributed by atoms with E-state index in [-0.39, 0.29) is 0 Å². The molecule has 2 heterocycles. The van der Waals surface area contributed by atoms with Crippen LogP contribution in [0.4, 0.5) is 5.13 Å². The average Bonchev–Trinajstić information content (AvgIpc) is 2.77. The van der Waals surface area contributed by atoms with Crippen LogP contribution in [-0.2, 0) is 13.5 Å². The van der Waals surface area contributed by atoms with Crippen LogP contribution in [0, 0.1) is 3.95 Å². The van der Waals surface area contributed by atoms with Gasteiger partial charge in [0.15, 0.2) is 3.95 Å². The molecule has 0 radical (unpaired) electrons. The van der Waals surface area contributed by atoms with Crippen molar-refractivity contribution in [3.63, 3.8) is 0 Å². The van der Waals surface area contributed by atoms with Gasteiger partial charge in [-0.05, 0) is 12.2 Å². The molecule has 2 rings (SSSR count). The maximum absolute atomic E-state index is 4.92. The first kappa shape index (κ1) is 10.2. The summed E-state index contributed by atoms with van der Waals surface area (Å²) in [5, 5.41) is 18.5. The van der Waals surface area contributed by atoms with Crippen molar-refractivity contribution in [2.75, 3.05) is 11.9 Å². The first-order valence-electron chi connectivity index (χ1n) is 4.38. The van der Waals surface area contributed by atoms with Crippen LogP contribution in [0.25, 0.3) is 0 Å². The molecule has 80 valence electrons. The Balaban J connectivity index is 1.85. The summed E-state index contributed by atoms with van der Waals surface area (Å²) in [7, 11) is 1.92. The number of rotatable bonds is 4. The lowest BCUT2D eigenvalue weighted by Gasteiger charge is -2.00. The standard InChI is InChI=1S/C7H10N6S2/c1-13-4-9-10-5(13)2-3-8-6-11-12-7(14)15-6/h4H,2-3H2,1H3,(H,8,11)(H,12,14). The van der Waals surface area contributed by atoms with Gasteiger partial charge in [0.05, 0.1) is 0 Å². The number of anilines is 1. The quantitative estimate of drug-likeness (QED) is 0.782. The summed E-state index contributed by atoms with van der Waals surface area (Å²) in [5.74, 6) is 0.946. The van der Waals surface area contributed by atoms with Gasteiger partial charge in [-0.15, -0.1) is 15.3 Å². The van der Waals surface area contributed by atoms with Gasteiger partial charge in [0.2, 0.25) is 5.13 Å². The summed E-state index contributed by atoms with van der Waals surface area (Å²) in [6.45, 7) is 0.767. The number of aromatic amines is 1. The molecule has 0 saturated heterocycles. The van der Waals surface area contributed by atoms with Crippen LogP contribution in [0.3, 0.4) is 0 Å². The van der Waals surface area contributed by atoms with Crippen LogP contribution in [-0.4, -0.2) is 31.5 Å².